The molecule has 0 fully saturated rings. The average Bonchev–Trinajstić information content (AvgIpc) is 3.59. The highest BCUT2D eigenvalue weighted by atomic mass is 28.3. The van der Waals surface area contributed by atoms with Crippen LogP contribution in [0.3, 0.4) is 0 Å². The molecule has 0 amide bonds. The average molecular weight is 1030 g/mol. The topological polar surface area (TPSA) is 3.24 Å². The monoisotopic (exact) mass is 1030 g/mol. The minimum atomic E-state index is -2.70. The van der Waals surface area contributed by atoms with Crippen LogP contribution < -0.4 is 25.6 Å². The standard InChI is InChI=1S/C78H55NSi/c1-9-25-56(26-10-1)75-73-51-44-61(55-74(73)76(57-27-11-2-12-28-57)78(59-31-15-4-16-32-59)77(75)58-29-13-3-14-30-58)60-43-50-71-62(53-60)41-42-63-54-66(47-52-72(63)71)79(64-33-17-5-18-34-64)65-45-48-70(49-46-65)80(67-35-19-6-20-36-67,68-37-21-7-22-38-68)69-39-23-8-24-40-69/h1-55H. The Bertz CT molecular complexity index is 4360. The van der Waals surface area contributed by atoms with E-state index < -0.39 is 8.07 Å². The van der Waals surface area contributed by atoms with E-state index in [9.17, 15) is 0 Å². The first-order chi connectivity index (χ1) is 39.7. The van der Waals surface area contributed by atoms with Gasteiger partial charge >= 0.3 is 0 Å². The molecule has 0 N–H and O–H groups in total. The van der Waals surface area contributed by atoms with Crippen molar-refractivity contribution < 1.29 is 0 Å². The molecular weight excluding hydrogens is 979 g/mol. The zero-order valence-corrected chi connectivity index (χ0v) is 45.2. The van der Waals surface area contributed by atoms with E-state index in [4.69, 9.17) is 0 Å². The molecule has 1 nitrogen and oxygen atoms in total. The Hall–Kier alpha value is -10.1. The second-order valence-corrected chi connectivity index (χ2v) is 24.5. The molecule has 0 aromatic heterocycles. The smallest absolute Gasteiger partial charge is 0.179 e. The van der Waals surface area contributed by atoms with Gasteiger partial charge < -0.3 is 4.90 Å². The largest absolute Gasteiger partial charge is 0.310 e. The first-order valence-corrected chi connectivity index (χ1v) is 29.7. The zero-order valence-electron chi connectivity index (χ0n) is 44.2. The summed E-state index contributed by atoms with van der Waals surface area (Å²) in [7, 11) is -2.70. The van der Waals surface area contributed by atoms with Gasteiger partial charge in [-0.25, -0.2) is 0 Å². The minimum Gasteiger partial charge on any atom is -0.310 e. The van der Waals surface area contributed by atoms with Crippen LogP contribution in [0.2, 0.25) is 0 Å². The number of fused-ring (bicyclic) bond motifs is 4. The van der Waals surface area contributed by atoms with Crippen LogP contribution in [0.5, 0.6) is 0 Å². The molecule has 0 bridgehead atoms. The van der Waals surface area contributed by atoms with Crippen molar-refractivity contribution in [3.63, 3.8) is 0 Å². The molecule has 0 heterocycles. The van der Waals surface area contributed by atoms with Gasteiger partial charge in [0.2, 0.25) is 0 Å². The molecule has 0 saturated carbocycles. The van der Waals surface area contributed by atoms with Crippen molar-refractivity contribution in [2.45, 2.75) is 0 Å². The Labute approximate surface area is 469 Å². The Balaban J connectivity index is 0.888. The van der Waals surface area contributed by atoms with Crippen molar-refractivity contribution in [3.8, 4) is 55.6 Å². The molecule has 0 unspecified atom stereocenters. The van der Waals surface area contributed by atoms with Gasteiger partial charge in [0.05, 0.1) is 0 Å². The van der Waals surface area contributed by atoms with Gasteiger partial charge in [0.25, 0.3) is 0 Å². The summed E-state index contributed by atoms with van der Waals surface area (Å²) in [5.41, 5.74) is 15.4. The van der Waals surface area contributed by atoms with E-state index >= 15 is 0 Å². The molecule has 14 aromatic carbocycles. The highest BCUT2D eigenvalue weighted by molar-refractivity contribution is 7.19. The maximum atomic E-state index is 2.44. The summed E-state index contributed by atoms with van der Waals surface area (Å²) in [6.07, 6.45) is 0. The van der Waals surface area contributed by atoms with E-state index in [0.717, 1.165) is 17.1 Å². The van der Waals surface area contributed by atoms with E-state index in [1.54, 1.807) is 0 Å². The Kier molecular flexibility index (Phi) is 12.7. The fourth-order valence-corrected chi connectivity index (χ4v) is 17.3. The minimum absolute atomic E-state index is 1.11. The molecule has 0 saturated heterocycles. The van der Waals surface area contributed by atoms with Crippen molar-refractivity contribution >= 4 is 78.2 Å². The quantitative estimate of drug-likeness (QED) is 0.0670. The number of benzene rings is 14. The van der Waals surface area contributed by atoms with Crippen molar-refractivity contribution in [1.29, 1.82) is 0 Å². The number of para-hydroxylation sites is 1. The van der Waals surface area contributed by atoms with Crippen molar-refractivity contribution in [2.75, 3.05) is 4.90 Å². The lowest BCUT2D eigenvalue weighted by Gasteiger charge is -2.35. The van der Waals surface area contributed by atoms with Crippen LogP contribution in [0.15, 0.2) is 334 Å². The summed E-state index contributed by atoms with van der Waals surface area (Å²) in [5, 5.41) is 12.7. The van der Waals surface area contributed by atoms with Gasteiger partial charge in [-0.05, 0) is 157 Å². The second kappa shape index (κ2) is 21.0. The highest BCUT2D eigenvalue weighted by Crippen LogP contribution is 2.51. The molecule has 0 radical (unpaired) electrons. The number of rotatable bonds is 12. The highest BCUT2D eigenvalue weighted by Gasteiger charge is 2.41. The maximum absolute atomic E-state index is 2.70. The van der Waals surface area contributed by atoms with Crippen LogP contribution in [0, 0.1) is 0 Å². The normalized spacial score (nSPS) is 11.5. The van der Waals surface area contributed by atoms with Crippen LogP contribution in [-0.2, 0) is 0 Å². The van der Waals surface area contributed by atoms with E-state index in [-0.39, 0.29) is 0 Å². The van der Waals surface area contributed by atoms with Gasteiger partial charge in [-0.1, -0.05) is 285 Å². The van der Waals surface area contributed by atoms with Gasteiger partial charge in [0, 0.05) is 17.1 Å². The van der Waals surface area contributed by atoms with E-state index in [1.807, 2.05) is 0 Å². The predicted molar refractivity (Wildman–Crippen MR) is 344 cm³/mol. The third kappa shape index (κ3) is 8.60. The van der Waals surface area contributed by atoms with E-state index in [2.05, 4.69) is 339 Å². The molecule has 2 heteroatoms. The molecule has 14 rings (SSSR count). The second-order valence-electron chi connectivity index (χ2n) is 20.7. The Morgan fingerprint density at radius 2 is 0.512 bits per heavy atom. The summed E-state index contributed by atoms with van der Waals surface area (Å²) < 4.78 is 0. The predicted octanol–water partition coefficient (Wildman–Crippen LogP) is 18.3. The number of hydrogen-bond acceptors (Lipinski definition) is 1. The van der Waals surface area contributed by atoms with E-state index in [0.29, 0.717) is 0 Å². The summed E-state index contributed by atoms with van der Waals surface area (Å²) in [6.45, 7) is 0. The van der Waals surface area contributed by atoms with Crippen LogP contribution >= 0.6 is 0 Å². The van der Waals surface area contributed by atoms with Gasteiger partial charge in [-0.3, -0.25) is 0 Å². The summed E-state index contributed by atoms with van der Waals surface area (Å²) in [6, 6.07) is 123. The SMILES string of the molecule is c1ccc(-c2c(-c3ccccc3)c(-c3ccccc3)c3cc(-c4ccc5c(ccc6cc(N(c7ccccc7)c7ccc([Si](c8ccccc8)(c8ccccc8)c8ccccc8)cc7)ccc65)c4)ccc3c2-c2ccccc2)cc1. The number of nitrogens with zero attached hydrogens (tertiary/aromatic N) is 1. The molecule has 0 aliphatic rings. The Morgan fingerprint density at radius 3 is 0.975 bits per heavy atom. The van der Waals surface area contributed by atoms with Gasteiger partial charge in [-0.2, -0.15) is 0 Å². The van der Waals surface area contributed by atoms with Crippen molar-refractivity contribution in [2.24, 2.45) is 0 Å². The maximum Gasteiger partial charge on any atom is 0.179 e. The first kappa shape index (κ1) is 48.3. The zero-order chi connectivity index (χ0) is 53.2. The fourth-order valence-electron chi connectivity index (χ4n) is 12.6. The van der Waals surface area contributed by atoms with Crippen LogP contribution in [0.4, 0.5) is 17.1 Å². The lowest BCUT2D eigenvalue weighted by molar-refractivity contribution is 1.29. The summed E-state index contributed by atoms with van der Waals surface area (Å²) in [5.74, 6) is 0. The summed E-state index contributed by atoms with van der Waals surface area (Å²) in [4.78, 5) is 2.39. The van der Waals surface area contributed by atoms with Crippen molar-refractivity contribution in [3.05, 3.63) is 334 Å². The first-order valence-electron chi connectivity index (χ1n) is 27.7. The molecule has 376 valence electrons. The molecule has 0 aliphatic carbocycles. The number of anilines is 3. The Morgan fingerprint density at radius 1 is 0.188 bits per heavy atom. The molecular formula is C78H55NSi. The molecule has 14 aromatic rings. The fraction of sp³-hybridized carbons (Fsp3) is 0. The molecule has 0 aliphatic heterocycles. The van der Waals surface area contributed by atoms with E-state index in [1.165, 1.54) is 109 Å². The van der Waals surface area contributed by atoms with Gasteiger partial charge in [-0.15, -0.1) is 0 Å². The molecule has 0 spiro atoms. The van der Waals surface area contributed by atoms with Crippen LogP contribution in [-0.4, -0.2) is 8.07 Å². The van der Waals surface area contributed by atoms with Crippen molar-refractivity contribution in [1.82, 2.24) is 0 Å². The third-order valence-corrected chi connectivity index (χ3v) is 21.0. The molecule has 0 atom stereocenters. The van der Waals surface area contributed by atoms with Crippen LogP contribution in [0.1, 0.15) is 0 Å². The van der Waals surface area contributed by atoms with Gasteiger partial charge in [0.15, 0.2) is 8.07 Å². The lowest BCUT2D eigenvalue weighted by Crippen LogP contribution is -2.74. The van der Waals surface area contributed by atoms with Gasteiger partial charge in [0.1, 0.15) is 0 Å². The summed E-state index contributed by atoms with van der Waals surface area (Å²) >= 11 is 0. The van der Waals surface area contributed by atoms with Crippen LogP contribution in [0.25, 0.3) is 88.0 Å². The molecule has 80 heavy (non-hydrogen) atoms. The number of hydrogen-bond donors (Lipinski definition) is 0. The lowest BCUT2D eigenvalue weighted by atomic mass is 9.78. The third-order valence-electron chi connectivity index (χ3n) is 16.2.